The Morgan fingerprint density at radius 2 is 1.76 bits per heavy atom. The van der Waals surface area contributed by atoms with E-state index < -0.39 is 0 Å². The number of nitrogens with zero attached hydrogens (tertiary/aromatic N) is 1. The SMILES string of the molecule is CN(Cc1ccccc1Cl)C(=O)NCc1ccc(Cl)cc1. The molecule has 0 aliphatic carbocycles. The molecule has 2 aromatic rings. The Hall–Kier alpha value is -1.71. The highest BCUT2D eigenvalue weighted by Gasteiger charge is 2.10. The summed E-state index contributed by atoms with van der Waals surface area (Å²) in [6.07, 6.45) is 0. The minimum Gasteiger partial charge on any atom is -0.334 e. The lowest BCUT2D eigenvalue weighted by atomic mass is 10.2. The van der Waals surface area contributed by atoms with E-state index in [9.17, 15) is 4.79 Å². The van der Waals surface area contributed by atoms with E-state index in [0.717, 1.165) is 11.1 Å². The minimum atomic E-state index is -0.148. The first-order valence-electron chi connectivity index (χ1n) is 6.53. The number of hydrogen-bond acceptors (Lipinski definition) is 1. The third-order valence-electron chi connectivity index (χ3n) is 3.07. The Kier molecular flexibility index (Phi) is 5.48. The number of urea groups is 1. The highest BCUT2D eigenvalue weighted by atomic mass is 35.5. The molecule has 0 radical (unpaired) electrons. The predicted molar refractivity (Wildman–Crippen MR) is 86.6 cm³/mol. The molecule has 2 rings (SSSR count). The number of halogens is 2. The number of benzene rings is 2. The van der Waals surface area contributed by atoms with Crippen molar-refractivity contribution in [1.82, 2.24) is 10.2 Å². The van der Waals surface area contributed by atoms with Crippen LogP contribution in [0.2, 0.25) is 10.0 Å². The molecule has 0 saturated carbocycles. The number of carbonyl (C=O) groups excluding carboxylic acids is 1. The van der Waals surface area contributed by atoms with Crippen LogP contribution in [0.3, 0.4) is 0 Å². The third kappa shape index (κ3) is 4.66. The van der Waals surface area contributed by atoms with E-state index >= 15 is 0 Å². The first kappa shape index (κ1) is 15.7. The summed E-state index contributed by atoms with van der Waals surface area (Å²) in [5, 5.41) is 4.20. The summed E-state index contributed by atoms with van der Waals surface area (Å²) in [6, 6.07) is 14.7. The number of nitrogens with one attached hydrogen (secondary N) is 1. The van der Waals surface area contributed by atoms with E-state index in [-0.39, 0.29) is 6.03 Å². The van der Waals surface area contributed by atoms with Crippen LogP contribution in [-0.4, -0.2) is 18.0 Å². The van der Waals surface area contributed by atoms with E-state index in [1.807, 2.05) is 36.4 Å². The zero-order valence-electron chi connectivity index (χ0n) is 11.6. The Bertz CT molecular complexity index is 614. The monoisotopic (exact) mass is 322 g/mol. The van der Waals surface area contributed by atoms with Crippen molar-refractivity contribution in [3.63, 3.8) is 0 Å². The molecule has 0 aliphatic rings. The molecule has 0 aliphatic heterocycles. The maximum atomic E-state index is 12.0. The van der Waals surface area contributed by atoms with Gasteiger partial charge in [-0.15, -0.1) is 0 Å². The maximum Gasteiger partial charge on any atom is 0.317 e. The topological polar surface area (TPSA) is 32.3 Å². The lowest BCUT2D eigenvalue weighted by Gasteiger charge is -2.18. The summed E-state index contributed by atoms with van der Waals surface area (Å²) in [5.74, 6) is 0. The van der Waals surface area contributed by atoms with Crippen LogP contribution in [0.1, 0.15) is 11.1 Å². The molecule has 0 aromatic heterocycles. The van der Waals surface area contributed by atoms with Gasteiger partial charge in [-0.05, 0) is 29.3 Å². The standard InChI is InChI=1S/C16H16Cl2N2O/c1-20(11-13-4-2-3-5-15(13)18)16(21)19-10-12-6-8-14(17)9-7-12/h2-9H,10-11H2,1H3,(H,19,21). The molecule has 0 atom stereocenters. The second kappa shape index (κ2) is 7.34. The molecular formula is C16H16Cl2N2O. The van der Waals surface area contributed by atoms with Gasteiger partial charge in [0.2, 0.25) is 0 Å². The molecule has 2 amide bonds. The molecule has 21 heavy (non-hydrogen) atoms. The molecule has 0 unspecified atom stereocenters. The number of rotatable bonds is 4. The highest BCUT2D eigenvalue weighted by molar-refractivity contribution is 6.31. The van der Waals surface area contributed by atoms with Gasteiger partial charge in [-0.25, -0.2) is 4.79 Å². The smallest absolute Gasteiger partial charge is 0.317 e. The molecule has 3 nitrogen and oxygen atoms in total. The lowest BCUT2D eigenvalue weighted by Crippen LogP contribution is -2.36. The summed E-state index contributed by atoms with van der Waals surface area (Å²) < 4.78 is 0. The van der Waals surface area contributed by atoms with Crippen molar-refractivity contribution in [2.75, 3.05) is 7.05 Å². The molecule has 0 heterocycles. The summed E-state index contributed by atoms with van der Waals surface area (Å²) in [7, 11) is 1.74. The largest absolute Gasteiger partial charge is 0.334 e. The average molecular weight is 323 g/mol. The van der Waals surface area contributed by atoms with Crippen LogP contribution in [-0.2, 0) is 13.1 Å². The molecule has 110 valence electrons. The molecule has 1 N–H and O–H groups in total. The molecule has 5 heteroatoms. The van der Waals surface area contributed by atoms with Gasteiger partial charge >= 0.3 is 6.03 Å². The fourth-order valence-corrected chi connectivity index (χ4v) is 2.19. The summed E-state index contributed by atoms with van der Waals surface area (Å²) in [5.41, 5.74) is 1.92. The van der Waals surface area contributed by atoms with E-state index in [2.05, 4.69) is 5.32 Å². The van der Waals surface area contributed by atoms with Crippen molar-refractivity contribution in [2.45, 2.75) is 13.1 Å². The second-order valence-corrected chi connectivity index (χ2v) is 5.58. The summed E-state index contributed by atoms with van der Waals surface area (Å²) in [4.78, 5) is 13.6. The maximum absolute atomic E-state index is 12.0. The predicted octanol–water partition coefficient (Wildman–Crippen LogP) is 4.34. The Labute approximate surface area is 134 Å². The quantitative estimate of drug-likeness (QED) is 0.892. The van der Waals surface area contributed by atoms with Gasteiger partial charge in [0, 0.05) is 30.2 Å². The van der Waals surface area contributed by atoms with E-state index in [0.29, 0.717) is 23.1 Å². The summed E-state index contributed by atoms with van der Waals surface area (Å²) >= 11 is 11.9. The minimum absolute atomic E-state index is 0.148. The van der Waals surface area contributed by atoms with Crippen molar-refractivity contribution < 1.29 is 4.79 Å². The van der Waals surface area contributed by atoms with Gasteiger partial charge in [0.05, 0.1) is 0 Å². The fourth-order valence-electron chi connectivity index (χ4n) is 1.87. The number of carbonyl (C=O) groups is 1. The zero-order valence-corrected chi connectivity index (χ0v) is 13.2. The van der Waals surface area contributed by atoms with Crippen LogP contribution in [0.5, 0.6) is 0 Å². The van der Waals surface area contributed by atoms with Crippen LogP contribution >= 0.6 is 23.2 Å². The van der Waals surface area contributed by atoms with Gasteiger partial charge in [-0.2, -0.15) is 0 Å². The van der Waals surface area contributed by atoms with Crippen molar-refractivity contribution in [3.8, 4) is 0 Å². The van der Waals surface area contributed by atoms with E-state index in [1.54, 1.807) is 24.1 Å². The molecular weight excluding hydrogens is 307 g/mol. The Morgan fingerprint density at radius 1 is 1.10 bits per heavy atom. The molecule has 0 bridgehead atoms. The van der Waals surface area contributed by atoms with Crippen molar-refractivity contribution in [3.05, 3.63) is 69.7 Å². The van der Waals surface area contributed by atoms with Gasteiger partial charge in [-0.3, -0.25) is 0 Å². The van der Waals surface area contributed by atoms with Crippen LogP contribution < -0.4 is 5.32 Å². The summed E-state index contributed by atoms with van der Waals surface area (Å²) in [6.45, 7) is 0.926. The lowest BCUT2D eigenvalue weighted by molar-refractivity contribution is 0.206. The van der Waals surface area contributed by atoms with Crippen molar-refractivity contribution in [2.24, 2.45) is 0 Å². The first-order valence-corrected chi connectivity index (χ1v) is 7.28. The normalized spacial score (nSPS) is 10.2. The molecule has 0 spiro atoms. The van der Waals surface area contributed by atoms with Crippen LogP contribution in [0.4, 0.5) is 4.79 Å². The number of amides is 2. The van der Waals surface area contributed by atoms with Gasteiger partial charge in [-0.1, -0.05) is 53.5 Å². The van der Waals surface area contributed by atoms with Gasteiger partial charge in [0.1, 0.15) is 0 Å². The van der Waals surface area contributed by atoms with Gasteiger partial charge in [0.15, 0.2) is 0 Å². The fraction of sp³-hybridized carbons (Fsp3) is 0.188. The molecule has 2 aromatic carbocycles. The van der Waals surface area contributed by atoms with E-state index in [4.69, 9.17) is 23.2 Å². The molecule has 0 fully saturated rings. The van der Waals surface area contributed by atoms with Gasteiger partial charge in [0.25, 0.3) is 0 Å². The Balaban J connectivity index is 1.88. The van der Waals surface area contributed by atoms with Crippen LogP contribution in [0.25, 0.3) is 0 Å². The third-order valence-corrected chi connectivity index (χ3v) is 3.69. The number of hydrogen-bond donors (Lipinski definition) is 1. The van der Waals surface area contributed by atoms with Crippen LogP contribution in [0.15, 0.2) is 48.5 Å². The van der Waals surface area contributed by atoms with E-state index in [1.165, 1.54) is 0 Å². The van der Waals surface area contributed by atoms with Crippen molar-refractivity contribution in [1.29, 1.82) is 0 Å². The average Bonchev–Trinajstić information content (AvgIpc) is 2.48. The first-order chi connectivity index (χ1) is 10.1. The second-order valence-electron chi connectivity index (χ2n) is 4.73. The molecule has 0 saturated heterocycles. The highest BCUT2D eigenvalue weighted by Crippen LogP contribution is 2.16. The van der Waals surface area contributed by atoms with Crippen molar-refractivity contribution >= 4 is 29.2 Å². The van der Waals surface area contributed by atoms with Crippen LogP contribution in [0, 0.1) is 0 Å². The Morgan fingerprint density at radius 3 is 2.43 bits per heavy atom. The van der Waals surface area contributed by atoms with Gasteiger partial charge < -0.3 is 10.2 Å². The zero-order chi connectivity index (χ0) is 15.2.